The van der Waals surface area contributed by atoms with Crippen LogP contribution in [0.1, 0.15) is 44.2 Å². The molecule has 0 N–H and O–H groups in total. The average Bonchev–Trinajstić information content (AvgIpc) is 2.75. The van der Waals surface area contributed by atoms with E-state index in [9.17, 15) is 22.0 Å². The summed E-state index contributed by atoms with van der Waals surface area (Å²) in [6, 6.07) is 12.6. The van der Waals surface area contributed by atoms with Gasteiger partial charge in [-0.05, 0) is 54.7 Å². The Kier molecular flexibility index (Phi) is 7.26. The first kappa shape index (κ1) is 22.7. The van der Waals surface area contributed by atoms with Crippen LogP contribution in [0, 0.1) is 17.5 Å². The standard InChI is InChI=1S/C26H23F5/c1-3-4-5-6-22-24(29)14-20(15-25(22)30)21-12-11-19(13-23(21)28)17-7-9-18(10-8-17)26(31)16(2)27/h7-15H,3-6H2,1-2H3/b26-16+. The highest BCUT2D eigenvalue weighted by Gasteiger charge is 2.15. The molecule has 0 nitrogen and oxygen atoms in total. The Labute approximate surface area is 179 Å². The normalized spacial score (nSPS) is 12.1. The van der Waals surface area contributed by atoms with Crippen LogP contribution in [0.5, 0.6) is 0 Å². The minimum atomic E-state index is -0.949. The van der Waals surface area contributed by atoms with Gasteiger partial charge in [0.05, 0.1) is 0 Å². The summed E-state index contributed by atoms with van der Waals surface area (Å²) >= 11 is 0. The second-order valence-corrected chi connectivity index (χ2v) is 7.49. The SMILES string of the molecule is CCCCCc1c(F)cc(-c2ccc(-c3ccc(/C(F)=C(/C)F)cc3)cc2F)cc1F. The average molecular weight is 430 g/mol. The summed E-state index contributed by atoms with van der Waals surface area (Å²) in [5.41, 5.74) is 1.43. The minimum absolute atomic E-state index is 0.0270. The van der Waals surface area contributed by atoms with Crippen molar-refractivity contribution in [2.45, 2.75) is 39.5 Å². The van der Waals surface area contributed by atoms with Crippen LogP contribution in [0.25, 0.3) is 28.1 Å². The van der Waals surface area contributed by atoms with E-state index in [2.05, 4.69) is 0 Å². The van der Waals surface area contributed by atoms with Crippen molar-refractivity contribution >= 4 is 5.83 Å². The maximum atomic E-state index is 14.8. The van der Waals surface area contributed by atoms with Crippen LogP contribution in [-0.4, -0.2) is 0 Å². The molecular weight excluding hydrogens is 407 g/mol. The highest BCUT2D eigenvalue weighted by atomic mass is 19.2. The van der Waals surface area contributed by atoms with Crippen molar-refractivity contribution in [2.24, 2.45) is 0 Å². The maximum Gasteiger partial charge on any atom is 0.161 e. The first-order chi connectivity index (χ1) is 14.8. The Balaban J connectivity index is 1.88. The zero-order valence-electron chi connectivity index (χ0n) is 17.4. The molecule has 31 heavy (non-hydrogen) atoms. The summed E-state index contributed by atoms with van der Waals surface area (Å²) in [7, 11) is 0. The van der Waals surface area contributed by atoms with E-state index in [1.54, 1.807) is 18.2 Å². The molecule has 0 bridgehead atoms. The third-order valence-corrected chi connectivity index (χ3v) is 5.23. The Hall–Kier alpha value is -2.95. The molecule has 0 amide bonds. The summed E-state index contributed by atoms with van der Waals surface area (Å²) < 4.78 is 70.3. The van der Waals surface area contributed by atoms with Crippen molar-refractivity contribution < 1.29 is 22.0 Å². The smallest absolute Gasteiger partial charge is 0.161 e. The lowest BCUT2D eigenvalue weighted by molar-refractivity contribution is 0.546. The monoisotopic (exact) mass is 430 g/mol. The molecule has 162 valence electrons. The molecule has 0 atom stereocenters. The minimum Gasteiger partial charge on any atom is -0.209 e. The number of halogens is 5. The van der Waals surface area contributed by atoms with Crippen LogP contribution in [0.3, 0.4) is 0 Å². The number of rotatable bonds is 7. The first-order valence-corrected chi connectivity index (χ1v) is 10.2. The Morgan fingerprint density at radius 3 is 1.84 bits per heavy atom. The molecule has 0 heterocycles. The van der Waals surface area contributed by atoms with Gasteiger partial charge in [-0.3, -0.25) is 0 Å². The number of allylic oxidation sites excluding steroid dienone is 1. The number of hydrogen-bond acceptors (Lipinski definition) is 0. The van der Waals surface area contributed by atoms with E-state index in [1.807, 2.05) is 6.92 Å². The lowest BCUT2D eigenvalue weighted by Gasteiger charge is -2.11. The molecule has 0 spiro atoms. The van der Waals surface area contributed by atoms with Crippen molar-refractivity contribution in [1.29, 1.82) is 0 Å². The molecule has 0 saturated carbocycles. The predicted molar refractivity (Wildman–Crippen MR) is 115 cm³/mol. The van der Waals surface area contributed by atoms with Crippen LogP contribution in [0.2, 0.25) is 0 Å². The third kappa shape index (κ3) is 5.22. The largest absolute Gasteiger partial charge is 0.209 e. The van der Waals surface area contributed by atoms with Crippen molar-refractivity contribution in [2.75, 3.05) is 0 Å². The fraction of sp³-hybridized carbons (Fsp3) is 0.231. The quantitative estimate of drug-likeness (QED) is 0.259. The number of benzene rings is 3. The van der Waals surface area contributed by atoms with Crippen molar-refractivity contribution in [1.82, 2.24) is 0 Å². The van der Waals surface area contributed by atoms with Gasteiger partial charge in [-0.15, -0.1) is 0 Å². The van der Waals surface area contributed by atoms with E-state index >= 15 is 0 Å². The van der Waals surface area contributed by atoms with Gasteiger partial charge in [0.2, 0.25) is 0 Å². The summed E-state index contributed by atoms with van der Waals surface area (Å²) in [4.78, 5) is 0. The van der Waals surface area contributed by atoms with Gasteiger partial charge in [-0.1, -0.05) is 56.2 Å². The van der Waals surface area contributed by atoms with Gasteiger partial charge in [0.1, 0.15) is 23.3 Å². The van der Waals surface area contributed by atoms with Crippen molar-refractivity contribution in [3.8, 4) is 22.3 Å². The summed E-state index contributed by atoms with van der Waals surface area (Å²) in [5.74, 6) is -3.86. The molecule has 0 aliphatic rings. The molecule has 3 aromatic rings. The van der Waals surface area contributed by atoms with Crippen LogP contribution >= 0.6 is 0 Å². The molecule has 5 heteroatoms. The van der Waals surface area contributed by atoms with Gasteiger partial charge < -0.3 is 0 Å². The fourth-order valence-electron chi connectivity index (χ4n) is 3.49. The molecular formula is C26H23F5. The molecule has 0 saturated heterocycles. The second kappa shape index (κ2) is 9.90. The Morgan fingerprint density at radius 1 is 0.710 bits per heavy atom. The topological polar surface area (TPSA) is 0 Å². The lowest BCUT2D eigenvalue weighted by atomic mass is 9.96. The highest BCUT2D eigenvalue weighted by Crippen LogP contribution is 2.31. The summed E-state index contributed by atoms with van der Waals surface area (Å²) in [6.45, 7) is 3.04. The van der Waals surface area contributed by atoms with E-state index in [4.69, 9.17) is 0 Å². The first-order valence-electron chi connectivity index (χ1n) is 10.2. The zero-order valence-corrected chi connectivity index (χ0v) is 17.4. The van der Waals surface area contributed by atoms with Gasteiger partial charge in [-0.2, -0.15) is 0 Å². The molecule has 0 fully saturated rings. The van der Waals surface area contributed by atoms with Gasteiger partial charge in [0, 0.05) is 16.7 Å². The van der Waals surface area contributed by atoms with Gasteiger partial charge in [0.25, 0.3) is 0 Å². The van der Waals surface area contributed by atoms with Crippen molar-refractivity contribution in [3.63, 3.8) is 0 Å². The lowest BCUT2D eigenvalue weighted by Crippen LogP contribution is -1.98. The van der Waals surface area contributed by atoms with Crippen molar-refractivity contribution in [3.05, 3.63) is 89.0 Å². The zero-order chi connectivity index (χ0) is 22.5. The maximum absolute atomic E-state index is 14.8. The van der Waals surface area contributed by atoms with E-state index in [-0.39, 0.29) is 22.3 Å². The predicted octanol–water partition coefficient (Wildman–Crippen LogP) is 8.80. The molecule has 3 aromatic carbocycles. The molecule has 0 aliphatic heterocycles. The Morgan fingerprint density at radius 2 is 1.29 bits per heavy atom. The molecule has 0 unspecified atom stereocenters. The van der Waals surface area contributed by atoms with Crippen LogP contribution in [0.4, 0.5) is 22.0 Å². The molecule has 3 rings (SSSR count). The number of unbranched alkanes of at least 4 members (excludes halogenated alkanes) is 2. The molecule has 0 aliphatic carbocycles. The second-order valence-electron chi connectivity index (χ2n) is 7.49. The van der Waals surface area contributed by atoms with Crippen LogP contribution < -0.4 is 0 Å². The van der Waals surface area contributed by atoms with E-state index in [0.29, 0.717) is 24.0 Å². The third-order valence-electron chi connectivity index (χ3n) is 5.23. The molecule has 0 aromatic heterocycles. The van der Waals surface area contributed by atoms with E-state index in [1.165, 1.54) is 24.3 Å². The van der Waals surface area contributed by atoms with Gasteiger partial charge >= 0.3 is 0 Å². The number of hydrogen-bond donors (Lipinski definition) is 0. The van der Waals surface area contributed by atoms with Crippen LogP contribution in [0.15, 0.2) is 60.4 Å². The van der Waals surface area contributed by atoms with Gasteiger partial charge in [0.15, 0.2) is 5.83 Å². The van der Waals surface area contributed by atoms with Gasteiger partial charge in [-0.25, -0.2) is 22.0 Å². The molecule has 0 radical (unpaired) electrons. The fourth-order valence-corrected chi connectivity index (χ4v) is 3.49. The van der Waals surface area contributed by atoms with E-state index in [0.717, 1.165) is 31.9 Å². The highest BCUT2D eigenvalue weighted by molar-refractivity contribution is 5.73. The van der Waals surface area contributed by atoms with E-state index < -0.39 is 29.1 Å². The summed E-state index contributed by atoms with van der Waals surface area (Å²) in [6.07, 6.45) is 2.83. The Bertz CT molecular complexity index is 1070. The van der Waals surface area contributed by atoms with Crippen LogP contribution in [-0.2, 0) is 6.42 Å². The summed E-state index contributed by atoms with van der Waals surface area (Å²) in [5, 5.41) is 0.